The van der Waals surface area contributed by atoms with Gasteiger partial charge >= 0.3 is 0 Å². The quantitative estimate of drug-likeness (QED) is 0.159. The number of fused-ring (bicyclic) bond motifs is 3. The van der Waals surface area contributed by atoms with Crippen molar-refractivity contribution in [1.82, 2.24) is 14.8 Å². The number of aromatic amines is 1. The SMILES string of the molecule is NCCN(CCN)Cc1cccc(-c2ccc3[nH]c4ccc(C5CCCC(CN(CCN)CCN)C5)cc4c3c2)c1. The third-order valence-electron chi connectivity index (χ3n) is 8.84. The van der Waals surface area contributed by atoms with Crippen molar-refractivity contribution in [2.45, 2.75) is 38.1 Å². The van der Waals surface area contributed by atoms with E-state index in [4.69, 9.17) is 22.9 Å². The van der Waals surface area contributed by atoms with E-state index in [2.05, 4.69) is 75.4 Å². The predicted octanol–water partition coefficient (Wildman–Crippen LogP) is 4.20. The van der Waals surface area contributed by atoms with Gasteiger partial charge in [-0.05, 0) is 83.7 Å². The average Bonchev–Trinajstić information content (AvgIpc) is 3.35. The maximum atomic E-state index is 5.87. The average molecular weight is 556 g/mol. The fourth-order valence-electron chi connectivity index (χ4n) is 6.88. The highest BCUT2D eigenvalue weighted by Crippen LogP contribution is 2.39. The number of nitrogens with zero attached hydrogens (tertiary/aromatic N) is 2. The summed E-state index contributed by atoms with van der Waals surface area (Å²) in [6.45, 7) is 8.22. The molecule has 1 heterocycles. The van der Waals surface area contributed by atoms with Gasteiger partial charge in [-0.1, -0.05) is 36.8 Å². The Labute approximate surface area is 245 Å². The molecule has 0 bridgehead atoms. The van der Waals surface area contributed by atoms with Gasteiger partial charge in [-0.3, -0.25) is 4.90 Å². The molecule has 41 heavy (non-hydrogen) atoms. The van der Waals surface area contributed by atoms with Gasteiger partial charge in [0.2, 0.25) is 0 Å². The molecule has 1 fully saturated rings. The summed E-state index contributed by atoms with van der Waals surface area (Å²) in [4.78, 5) is 8.44. The van der Waals surface area contributed by atoms with Crippen LogP contribution >= 0.6 is 0 Å². The van der Waals surface area contributed by atoms with E-state index < -0.39 is 0 Å². The summed E-state index contributed by atoms with van der Waals surface area (Å²) >= 11 is 0. The standard InChI is InChI=1S/C34H49N7/c35-11-15-40(16-12-36)23-25-3-1-5-27(19-25)29-7-9-33-31(21-29)32-22-30(8-10-34(32)39-33)28-6-2-4-26(20-28)24-41(17-13-37)18-14-38/h1,3,5,7-10,19,21-22,26,28,39H,2,4,6,11-18,20,23-24,35-38H2. The molecule has 2 unspecified atom stereocenters. The van der Waals surface area contributed by atoms with Gasteiger partial charge in [-0.25, -0.2) is 0 Å². The molecule has 9 N–H and O–H groups in total. The first-order valence-corrected chi connectivity index (χ1v) is 15.5. The Kier molecular flexibility index (Phi) is 10.4. The van der Waals surface area contributed by atoms with Gasteiger partial charge in [0.1, 0.15) is 0 Å². The van der Waals surface area contributed by atoms with E-state index in [0.717, 1.165) is 39.3 Å². The summed E-state index contributed by atoms with van der Waals surface area (Å²) in [5, 5.41) is 2.62. The fraction of sp³-hybridized carbons (Fsp3) is 0.471. The summed E-state index contributed by atoms with van der Waals surface area (Å²) in [5.74, 6) is 1.31. The number of aromatic nitrogens is 1. The molecular formula is C34H49N7. The lowest BCUT2D eigenvalue weighted by Crippen LogP contribution is -2.38. The molecule has 1 aliphatic carbocycles. The van der Waals surface area contributed by atoms with Gasteiger partial charge in [0.05, 0.1) is 0 Å². The Morgan fingerprint density at radius 1 is 0.683 bits per heavy atom. The van der Waals surface area contributed by atoms with Crippen LogP contribution in [0.2, 0.25) is 0 Å². The lowest BCUT2D eigenvalue weighted by molar-refractivity contribution is 0.199. The third-order valence-corrected chi connectivity index (χ3v) is 8.84. The summed E-state index contributed by atoms with van der Waals surface area (Å²) in [5.41, 5.74) is 31.0. The first-order chi connectivity index (χ1) is 20.1. The maximum Gasteiger partial charge on any atom is 0.0465 e. The molecule has 0 aliphatic heterocycles. The largest absolute Gasteiger partial charge is 0.355 e. The zero-order valence-electron chi connectivity index (χ0n) is 24.5. The Bertz CT molecular complexity index is 1380. The first kappa shape index (κ1) is 29.7. The van der Waals surface area contributed by atoms with Gasteiger partial charge < -0.3 is 32.8 Å². The molecule has 7 nitrogen and oxygen atoms in total. The van der Waals surface area contributed by atoms with Crippen LogP contribution in [0, 0.1) is 5.92 Å². The van der Waals surface area contributed by atoms with Gasteiger partial charge in [0.15, 0.2) is 0 Å². The monoisotopic (exact) mass is 555 g/mol. The van der Waals surface area contributed by atoms with Gasteiger partial charge in [0.25, 0.3) is 0 Å². The zero-order valence-corrected chi connectivity index (χ0v) is 24.5. The Morgan fingerprint density at radius 3 is 2.07 bits per heavy atom. The van der Waals surface area contributed by atoms with Crippen molar-refractivity contribution >= 4 is 21.8 Å². The molecule has 4 aromatic rings. The van der Waals surface area contributed by atoms with Crippen molar-refractivity contribution in [3.8, 4) is 11.1 Å². The van der Waals surface area contributed by atoms with E-state index in [9.17, 15) is 0 Å². The highest BCUT2D eigenvalue weighted by atomic mass is 15.1. The minimum absolute atomic E-state index is 0.602. The normalized spacial score (nSPS) is 17.8. The predicted molar refractivity (Wildman–Crippen MR) is 174 cm³/mol. The van der Waals surface area contributed by atoms with Gasteiger partial charge in [0, 0.05) is 87.3 Å². The van der Waals surface area contributed by atoms with Crippen LogP contribution in [0.25, 0.3) is 32.9 Å². The molecule has 1 saturated carbocycles. The number of hydrogen-bond acceptors (Lipinski definition) is 6. The number of hydrogen-bond donors (Lipinski definition) is 5. The second-order valence-corrected chi connectivity index (χ2v) is 11.9. The van der Waals surface area contributed by atoms with E-state index in [0.29, 0.717) is 38.0 Å². The molecule has 0 amide bonds. The summed E-state index contributed by atoms with van der Waals surface area (Å²) in [6.07, 6.45) is 5.09. The van der Waals surface area contributed by atoms with Crippen molar-refractivity contribution in [2.75, 3.05) is 58.9 Å². The molecule has 5 rings (SSSR count). The Hall–Kier alpha value is -2.78. The van der Waals surface area contributed by atoms with Crippen molar-refractivity contribution < 1.29 is 0 Å². The lowest BCUT2D eigenvalue weighted by atomic mass is 9.77. The van der Waals surface area contributed by atoms with E-state index in [-0.39, 0.29) is 0 Å². The topological polar surface area (TPSA) is 126 Å². The Balaban J connectivity index is 1.38. The van der Waals surface area contributed by atoms with Gasteiger partial charge in [-0.15, -0.1) is 0 Å². The highest BCUT2D eigenvalue weighted by Gasteiger charge is 2.25. The van der Waals surface area contributed by atoms with Crippen LogP contribution in [0.15, 0.2) is 60.7 Å². The van der Waals surface area contributed by atoms with Crippen molar-refractivity contribution in [3.63, 3.8) is 0 Å². The van der Waals surface area contributed by atoms with Crippen LogP contribution < -0.4 is 22.9 Å². The van der Waals surface area contributed by atoms with Crippen LogP contribution in [0.3, 0.4) is 0 Å². The highest BCUT2D eigenvalue weighted by molar-refractivity contribution is 6.08. The molecule has 0 saturated heterocycles. The molecule has 7 heteroatoms. The molecule has 0 spiro atoms. The van der Waals surface area contributed by atoms with Crippen molar-refractivity contribution in [2.24, 2.45) is 28.9 Å². The van der Waals surface area contributed by atoms with Crippen molar-refractivity contribution in [3.05, 3.63) is 71.8 Å². The minimum Gasteiger partial charge on any atom is -0.355 e. The second kappa shape index (κ2) is 14.4. The minimum atomic E-state index is 0.602. The smallest absolute Gasteiger partial charge is 0.0465 e. The number of H-pyrrole nitrogens is 1. The van der Waals surface area contributed by atoms with Crippen LogP contribution in [-0.4, -0.2) is 73.7 Å². The van der Waals surface area contributed by atoms with E-state index >= 15 is 0 Å². The van der Waals surface area contributed by atoms with Gasteiger partial charge in [-0.2, -0.15) is 0 Å². The summed E-state index contributed by atoms with van der Waals surface area (Å²) in [6, 6.07) is 22.8. The summed E-state index contributed by atoms with van der Waals surface area (Å²) < 4.78 is 0. The summed E-state index contributed by atoms with van der Waals surface area (Å²) in [7, 11) is 0. The molecule has 2 atom stereocenters. The van der Waals surface area contributed by atoms with Crippen LogP contribution in [0.5, 0.6) is 0 Å². The van der Waals surface area contributed by atoms with Crippen LogP contribution in [0.1, 0.15) is 42.7 Å². The molecule has 0 radical (unpaired) electrons. The zero-order chi connectivity index (χ0) is 28.6. The molecular weight excluding hydrogens is 506 g/mol. The second-order valence-electron chi connectivity index (χ2n) is 11.9. The number of rotatable bonds is 14. The molecule has 1 aromatic heterocycles. The van der Waals surface area contributed by atoms with E-state index in [1.54, 1.807) is 0 Å². The van der Waals surface area contributed by atoms with Crippen LogP contribution in [0.4, 0.5) is 0 Å². The molecule has 3 aromatic carbocycles. The third kappa shape index (κ3) is 7.36. The Morgan fingerprint density at radius 2 is 1.34 bits per heavy atom. The number of nitrogens with one attached hydrogen (secondary N) is 1. The molecule has 1 aliphatic rings. The molecule has 220 valence electrons. The van der Waals surface area contributed by atoms with E-state index in [1.807, 2.05) is 0 Å². The number of nitrogens with two attached hydrogens (primary N) is 4. The maximum absolute atomic E-state index is 5.87. The first-order valence-electron chi connectivity index (χ1n) is 15.5. The van der Waals surface area contributed by atoms with Crippen molar-refractivity contribution in [1.29, 1.82) is 0 Å². The van der Waals surface area contributed by atoms with Crippen LogP contribution in [-0.2, 0) is 6.54 Å². The lowest BCUT2D eigenvalue weighted by Gasteiger charge is -2.33. The number of benzene rings is 3. The fourth-order valence-corrected chi connectivity index (χ4v) is 6.88. The van der Waals surface area contributed by atoms with E-state index in [1.165, 1.54) is 69.7 Å².